The molecule has 0 radical (unpaired) electrons. The molecule has 1 aliphatic heterocycles. The minimum Gasteiger partial charge on any atom is -0.333 e. The lowest BCUT2D eigenvalue weighted by molar-refractivity contribution is 0.522. The fraction of sp³-hybridized carbons (Fsp3) is 0.700. The molecule has 1 atom stereocenters. The quantitative estimate of drug-likeness (QED) is 0.785. The normalized spacial score (nSPS) is 17.8. The van der Waals surface area contributed by atoms with E-state index in [0.717, 1.165) is 31.6 Å². The zero-order chi connectivity index (χ0) is 12.5. The van der Waals surface area contributed by atoms with Gasteiger partial charge in [0.05, 0.1) is 0 Å². The second-order valence-electron chi connectivity index (χ2n) is 4.40. The van der Waals surface area contributed by atoms with Crippen LogP contribution in [0.4, 0.5) is 0 Å². The van der Waals surface area contributed by atoms with Crippen LogP contribution in [0, 0.1) is 0 Å². The molecule has 0 unspecified atom stereocenters. The molecule has 0 saturated heterocycles. The van der Waals surface area contributed by atoms with Gasteiger partial charge in [0, 0.05) is 31.7 Å². The molecule has 0 spiro atoms. The first kappa shape index (κ1) is 12.5. The van der Waals surface area contributed by atoms with Crippen molar-refractivity contribution >= 4 is 10.0 Å². The highest BCUT2D eigenvalue weighted by Gasteiger charge is 2.22. The van der Waals surface area contributed by atoms with E-state index in [1.54, 1.807) is 13.1 Å². The van der Waals surface area contributed by atoms with E-state index in [2.05, 4.69) is 9.71 Å². The fourth-order valence-electron chi connectivity index (χ4n) is 1.89. The second-order valence-corrected chi connectivity index (χ2v) is 6.06. The van der Waals surface area contributed by atoms with Gasteiger partial charge in [-0.15, -0.1) is 0 Å². The molecule has 0 aromatic carbocycles. The van der Waals surface area contributed by atoms with E-state index in [0.29, 0.717) is 0 Å². The Morgan fingerprint density at radius 2 is 2.35 bits per heavy atom. The Hall–Kier alpha value is -0.920. The van der Waals surface area contributed by atoms with Crippen molar-refractivity contribution in [2.24, 2.45) is 5.73 Å². The van der Waals surface area contributed by atoms with Crippen molar-refractivity contribution in [3.63, 3.8) is 0 Å². The van der Waals surface area contributed by atoms with E-state index in [1.165, 1.54) is 0 Å². The van der Waals surface area contributed by atoms with E-state index in [-0.39, 0.29) is 17.6 Å². The molecule has 6 nitrogen and oxygen atoms in total. The van der Waals surface area contributed by atoms with E-state index >= 15 is 0 Å². The van der Waals surface area contributed by atoms with Crippen molar-refractivity contribution < 1.29 is 8.42 Å². The van der Waals surface area contributed by atoms with E-state index in [4.69, 9.17) is 5.73 Å². The van der Waals surface area contributed by atoms with E-state index < -0.39 is 10.0 Å². The summed E-state index contributed by atoms with van der Waals surface area (Å²) in [7, 11) is -3.53. The first-order valence-corrected chi connectivity index (χ1v) is 7.29. The Kier molecular flexibility index (Phi) is 3.50. The highest BCUT2D eigenvalue weighted by Crippen LogP contribution is 2.17. The number of rotatable bonds is 4. The third kappa shape index (κ3) is 2.67. The average Bonchev–Trinajstić information content (AvgIpc) is 2.72. The zero-order valence-corrected chi connectivity index (χ0v) is 10.7. The molecule has 1 aliphatic rings. The summed E-state index contributed by atoms with van der Waals surface area (Å²) in [5.41, 5.74) is 5.40. The molecule has 0 saturated carbocycles. The van der Waals surface area contributed by atoms with Gasteiger partial charge in [-0.25, -0.2) is 18.1 Å². The van der Waals surface area contributed by atoms with Gasteiger partial charge in [-0.05, 0) is 19.8 Å². The molecule has 0 amide bonds. The Balaban J connectivity index is 2.24. The maximum Gasteiger partial charge on any atom is 0.259 e. The summed E-state index contributed by atoms with van der Waals surface area (Å²) in [6.45, 7) is 2.85. The smallest absolute Gasteiger partial charge is 0.259 e. The molecule has 17 heavy (non-hydrogen) atoms. The molecule has 1 aromatic rings. The molecule has 3 N–H and O–H groups in total. The van der Waals surface area contributed by atoms with E-state index in [9.17, 15) is 8.42 Å². The van der Waals surface area contributed by atoms with Gasteiger partial charge in [-0.2, -0.15) is 0 Å². The summed E-state index contributed by atoms with van der Waals surface area (Å²) in [6.07, 6.45) is 4.61. The van der Waals surface area contributed by atoms with Gasteiger partial charge in [0.25, 0.3) is 10.0 Å². The van der Waals surface area contributed by atoms with Crippen molar-refractivity contribution in [3.8, 4) is 0 Å². The van der Waals surface area contributed by atoms with Crippen LogP contribution in [0.5, 0.6) is 0 Å². The molecule has 96 valence electrons. The van der Waals surface area contributed by atoms with Gasteiger partial charge in [0.1, 0.15) is 5.82 Å². The molecule has 1 aromatic heterocycles. The van der Waals surface area contributed by atoms with E-state index in [1.807, 2.05) is 4.57 Å². The van der Waals surface area contributed by atoms with Crippen LogP contribution in [0.25, 0.3) is 0 Å². The highest BCUT2D eigenvalue weighted by atomic mass is 32.2. The molecular formula is C10H18N4O2S. The predicted octanol–water partition coefficient (Wildman–Crippen LogP) is -0.155. The Bertz CT molecular complexity index is 471. The monoisotopic (exact) mass is 258 g/mol. The Morgan fingerprint density at radius 3 is 3.00 bits per heavy atom. The van der Waals surface area contributed by atoms with Crippen LogP contribution < -0.4 is 10.5 Å². The van der Waals surface area contributed by atoms with Crippen LogP contribution >= 0.6 is 0 Å². The zero-order valence-electron chi connectivity index (χ0n) is 9.89. The fourth-order valence-corrected chi connectivity index (χ4v) is 3.13. The van der Waals surface area contributed by atoms with Crippen LogP contribution in [0.15, 0.2) is 11.2 Å². The van der Waals surface area contributed by atoms with Gasteiger partial charge >= 0.3 is 0 Å². The van der Waals surface area contributed by atoms with Crippen LogP contribution in [0.2, 0.25) is 0 Å². The van der Waals surface area contributed by atoms with Gasteiger partial charge in [-0.3, -0.25) is 0 Å². The number of nitrogens with two attached hydrogens (primary N) is 1. The van der Waals surface area contributed by atoms with Crippen molar-refractivity contribution in [1.29, 1.82) is 0 Å². The highest BCUT2D eigenvalue weighted by molar-refractivity contribution is 7.89. The third-order valence-corrected chi connectivity index (χ3v) is 4.33. The third-order valence-electron chi connectivity index (χ3n) is 2.87. The molecule has 2 heterocycles. The SMILES string of the molecule is C[C@H](CN)NS(=O)(=O)c1cn2c(n1)CCCC2. The topological polar surface area (TPSA) is 90.0 Å². The van der Waals surface area contributed by atoms with Crippen molar-refractivity contribution in [1.82, 2.24) is 14.3 Å². The number of aromatic nitrogens is 2. The van der Waals surface area contributed by atoms with Crippen LogP contribution in [-0.2, 0) is 23.0 Å². The number of sulfonamides is 1. The van der Waals surface area contributed by atoms with Crippen molar-refractivity contribution in [3.05, 3.63) is 12.0 Å². The summed E-state index contributed by atoms with van der Waals surface area (Å²) in [5.74, 6) is 0.858. The minimum absolute atomic E-state index is 0.106. The lowest BCUT2D eigenvalue weighted by Crippen LogP contribution is -2.37. The second kappa shape index (κ2) is 4.75. The number of nitrogens with one attached hydrogen (secondary N) is 1. The standard InChI is InChI=1S/C10H18N4O2S/c1-8(6-11)13-17(15,16)10-7-14-5-3-2-4-9(14)12-10/h7-8,13H,2-6,11H2,1H3/t8-/m1/s1. The Labute approximate surface area is 101 Å². The molecule has 7 heteroatoms. The molecule has 0 aliphatic carbocycles. The van der Waals surface area contributed by atoms with Gasteiger partial charge in [0.2, 0.25) is 0 Å². The first-order chi connectivity index (χ1) is 8.03. The number of hydrogen-bond donors (Lipinski definition) is 2. The predicted molar refractivity (Wildman–Crippen MR) is 64.0 cm³/mol. The van der Waals surface area contributed by atoms with Crippen LogP contribution in [0.1, 0.15) is 25.6 Å². The number of fused-ring (bicyclic) bond motifs is 1. The van der Waals surface area contributed by atoms with Crippen molar-refractivity contribution in [2.45, 2.75) is 43.8 Å². The summed E-state index contributed by atoms with van der Waals surface area (Å²) < 4.78 is 28.4. The number of aryl methyl sites for hydroxylation is 2. The molecule has 0 fully saturated rings. The number of imidazole rings is 1. The van der Waals surface area contributed by atoms with Gasteiger partial charge in [-0.1, -0.05) is 0 Å². The molecule has 2 rings (SSSR count). The summed E-state index contributed by atoms with van der Waals surface area (Å²) >= 11 is 0. The summed E-state index contributed by atoms with van der Waals surface area (Å²) in [5, 5.41) is 0.106. The molecular weight excluding hydrogens is 240 g/mol. The Morgan fingerprint density at radius 1 is 1.59 bits per heavy atom. The molecule has 0 bridgehead atoms. The first-order valence-electron chi connectivity index (χ1n) is 5.81. The lowest BCUT2D eigenvalue weighted by atomic mass is 10.2. The summed E-state index contributed by atoms with van der Waals surface area (Å²) in [6, 6.07) is -0.279. The number of hydrogen-bond acceptors (Lipinski definition) is 4. The minimum atomic E-state index is -3.53. The average molecular weight is 258 g/mol. The van der Waals surface area contributed by atoms with Crippen molar-refractivity contribution in [2.75, 3.05) is 6.54 Å². The van der Waals surface area contributed by atoms with Gasteiger partial charge in [0.15, 0.2) is 5.03 Å². The van der Waals surface area contributed by atoms with Crippen LogP contribution in [0.3, 0.4) is 0 Å². The summed E-state index contributed by atoms with van der Waals surface area (Å²) in [4.78, 5) is 4.18. The maximum atomic E-state index is 12.0. The van der Waals surface area contributed by atoms with Gasteiger partial charge < -0.3 is 10.3 Å². The maximum absolute atomic E-state index is 12.0. The van der Waals surface area contributed by atoms with Crippen LogP contribution in [-0.4, -0.2) is 30.6 Å². The lowest BCUT2D eigenvalue weighted by Gasteiger charge is -2.11. The number of nitrogens with zero attached hydrogens (tertiary/aromatic N) is 2. The largest absolute Gasteiger partial charge is 0.333 e.